The van der Waals surface area contributed by atoms with Gasteiger partial charge in [0.05, 0.1) is 5.41 Å². The van der Waals surface area contributed by atoms with Crippen LogP contribution in [0.25, 0.3) is 0 Å². The van der Waals surface area contributed by atoms with E-state index >= 15 is 0 Å². The third-order valence-electron chi connectivity index (χ3n) is 1.09. The van der Waals surface area contributed by atoms with E-state index in [0.29, 0.717) is 0 Å². The summed E-state index contributed by atoms with van der Waals surface area (Å²) < 4.78 is 0. The number of hydrogen-bond donors (Lipinski definition) is 2. The predicted molar refractivity (Wildman–Crippen MR) is 41.8 cm³/mol. The molecule has 0 bridgehead atoms. The summed E-state index contributed by atoms with van der Waals surface area (Å²) in [6.45, 7) is 7.37. The molecule has 0 aromatic rings. The Morgan fingerprint density at radius 2 is 1.80 bits per heavy atom. The van der Waals surface area contributed by atoms with Gasteiger partial charge < -0.3 is 10.8 Å². The van der Waals surface area contributed by atoms with Gasteiger partial charge in [-0.2, -0.15) is 0 Å². The van der Waals surface area contributed by atoms with Crippen LogP contribution in [0.3, 0.4) is 0 Å². The molecule has 3 N–H and O–H groups in total. The van der Waals surface area contributed by atoms with Crippen molar-refractivity contribution in [2.45, 2.75) is 27.7 Å². The zero-order valence-electron chi connectivity index (χ0n) is 7.14. The van der Waals surface area contributed by atoms with Crippen LogP contribution in [0.15, 0.2) is 0 Å². The SMILES string of the molecule is CC.CC(C)(CN)C(=O)O. The second-order valence-electron chi connectivity index (χ2n) is 2.39. The molecule has 0 heterocycles. The number of carbonyl (C=O) groups is 1. The van der Waals surface area contributed by atoms with E-state index in [0.717, 1.165) is 0 Å². The Morgan fingerprint density at radius 3 is 1.80 bits per heavy atom. The lowest BCUT2D eigenvalue weighted by molar-refractivity contribution is -0.146. The Kier molecular flexibility index (Phi) is 6.35. The first-order valence-electron chi connectivity index (χ1n) is 3.44. The van der Waals surface area contributed by atoms with E-state index in [4.69, 9.17) is 10.8 Å². The molecule has 0 saturated carbocycles. The van der Waals surface area contributed by atoms with Gasteiger partial charge in [-0.15, -0.1) is 0 Å². The first kappa shape index (κ1) is 12.1. The van der Waals surface area contributed by atoms with Crippen LogP contribution in [0, 0.1) is 5.41 Å². The van der Waals surface area contributed by atoms with Crippen molar-refractivity contribution in [3.8, 4) is 0 Å². The summed E-state index contributed by atoms with van der Waals surface area (Å²) in [7, 11) is 0. The molecule has 0 aliphatic carbocycles. The zero-order valence-corrected chi connectivity index (χ0v) is 7.14. The molecule has 0 atom stereocenters. The van der Waals surface area contributed by atoms with E-state index in [1.807, 2.05) is 13.8 Å². The molecule has 10 heavy (non-hydrogen) atoms. The van der Waals surface area contributed by atoms with Gasteiger partial charge in [0, 0.05) is 6.54 Å². The maximum Gasteiger partial charge on any atom is 0.310 e. The molecular formula is C7H17NO2. The van der Waals surface area contributed by atoms with Gasteiger partial charge in [0.25, 0.3) is 0 Å². The normalized spacial score (nSPS) is 9.70. The number of nitrogens with two attached hydrogens (primary N) is 1. The summed E-state index contributed by atoms with van der Waals surface area (Å²) in [5.74, 6) is -0.847. The highest BCUT2D eigenvalue weighted by atomic mass is 16.4. The van der Waals surface area contributed by atoms with Gasteiger partial charge in [-0.3, -0.25) is 4.79 Å². The minimum Gasteiger partial charge on any atom is -0.481 e. The van der Waals surface area contributed by atoms with E-state index in [9.17, 15) is 4.79 Å². The van der Waals surface area contributed by atoms with Crippen molar-refractivity contribution in [1.82, 2.24) is 0 Å². The lowest BCUT2D eigenvalue weighted by Gasteiger charge is -2.14. The molecule has 0 aromatic carbocycles. The number of carboxylic acid groups (broad SMARTS) is 1. The topological polar surface area (TPSA) is 63.3 Å². The highest BCUT2D eigenvalue weighted by Crippen LogP contribution is 2.10. The fourth-order valence-corrected chi connectivity index (χ4v) is 0.0873. The van der Waals surface area contributed by atoms with Gasteiger partial charge >= 0.3 is 5.97 Å². The van der Waals surface area contributed by atoms with Crippen molar-refractivity contribution in [3.63, 3.8) is 0 Å². The van der Waals surface area contributed by atoms with Gasteiger partial charge in [-0.25, -0.2) is 0 Å². The number of hydrogen-bond acceptors (Lipinski definition) is 2. The fourth-order valence-electron chi connectivity index (χ4n) is 0.0873. The number of rotatable bonds is 2. The lowest BCUT2D eigenvalue weighted by Crippen LogP contribution is -2.32. The average molecular weight is 147 g/mol. The third kappa shape index (κ3) is 4.32. The summed E-state index contributed by atoms with van der Waals surface area (Å²) in [5, 5.41) is 8.36. The highest BCUT2D eigenvalue weighted by Gasteiger charge is 2.24. The van der Waals surface area contributed by atoms with Crippen LogP contribution in [0.4, 0.5) is 0 Å². The van der Waals surface area contributed by atoms with Crippen molar-refractivity contribution in [1.29, 1.82) is 0 Å². The zero-order chi connectivity index (χ0) is 8.78. The molecule has 0 aliphatic heterocycles. The van der Waals surface area contributed by atoms with E-state index < -0.39 is 11.4 Å². The van der Waals surface area contributed by atoms with Crippen LogP contribution in [0.5, 0.6) is 0 Å². The molecule has 0 rings (SSSR count). The fraction of sp³-hybridized carbons (Fsp3) is 0.857. The molecule has 0 radical (unpaired) electrons. The Morgan fingerprint density at radius 1 is 1.50 bits per heavy atom. The van der Waals surface area contributed by atoms with Crippen LogP contribution in [-0.2, 0) is 4.79 Å². The first-order valence-corrected chi connectivity index (χ1v) is 3.44. The van der Waals surface area contributed by atoms with Crippen molar-refractivity contribution in [3.05, 3.63) is 0 Å². The first-order chi connectivity index (χ1) is 4.50. The second kappa shape index (κ2) is 5.23. The maximum atomic E-state index is 10.2. The maximum absolute atomic E-state index is 10.2. The van der Waals surface area contributed by atoms with Crippen molar-refractivity contribution < 1.29 is 9.90 Å². The Labute approximate surface area is 62.2 Å². The average Bonchev–Trinajstić information content (AvgIpc) is 1.92. The largest absolute Gasteiger partial charge is 0.481 e. The summed E-state index contributed by atoms with van der Waals surface area (Å²) in [4.78, 5) is 10.2. The highest BCUT2D eigenvalue weighted by molar-refractivity contribution is 5.73. The van der Waals surface area contributed by atoms with Gasteiger partial charge in [0.15, 0.2) is 0 Å². The van der Waals surface area contributed by atoms with Crippen LogP contribution < -0.4 is 5.73 Å². The molecular weight excluding hydrogens is 130 g/mol. The lowest BCUT2D eigenvalue weighted by atomic mass is 9.95. The molecule has 0 aliphatic rings. The summed E-state index contributed by atoms with van der Waals surface area (Å²) in [6.07, 6.45) is 0. The monoisotopic (exact) mass is 147 g/mol. The molecule has 0 spiro atoms. The summed E-state index contributed by atoms with van der Waals surface area (Å²) in [6, 6.07) is 0. The van der Waals surface area contributed by atoms with Crippen LogP contribution >= 0.6 is 0 Å². The van der Waals surface area contributed by atoms with Crippen LogP contribution in [-0.4, -0.2) is 17.6 Å². The van der Waals surface area contributed by atoms with E-state index in [-0.39, 0.29) is 6.54 Å². The van der Waals surface area contributed by atoms with Gasteiger partial charge in [-0.1, -0.05) is 13.8 Å². The van der Waals surface area contributed by atoms with E-state index in [1.54, 1.807) is 13.8 Å². The van der Waals surface area contributed by atoms with Gasteiger partial charge in [-0.05, 0) is 13.8 Å². The smallest absolute Gasteiger partial charge is 0.310 e. The Hall–Kier alpha value is -0.570. The minimum atomic E-state index is -0.847. The van der Waals surface area contributed by atoms with Crippen molar-refractivity contribution >= 4 is 5.97 Å². The molecule has 3 nitrogen and oxygen atoms in total. The molecule has 0 saturated heterocycles. The Bertz CT molecular complexity index is 99.8. The summed E-state index contributed by atoms with van der Waals surface area (Å²) in [5.41, 5.74) is 4.36. The Balaban J connectivity index is 0. The van der Waals surface area contributed by atoms with Crippen LogP contribution in [0.1, 0.15) is 27.7 Å². The number of carboxylic acids is 1. The van der Waals surface area contributed by atoms with Crippen molar-refractivity contribution in [2.24, 2.45) is 11.1 Å². The quantitative estimate of drug-likeness (QED) is 0.614. The van der Waals surface area contributed by atoms with Crippen LogP contribution in [0.2, 0.25) is 0 Å². The second-order valence-corrected chi connectivity index (χ2v) is 2.39. The standard InChI is InChI=1S/C5H11NO2.C2H6/c1-5(2,3-6)4(7)8;1-2/h3,6H2,1-2H3,(H,7,8);1-2H3. The molecule has 0 aromatic heterocycles. The molecule has 0 unspecified atom stereocenters. The third-order valence-corrected chi connectivity index (χ3v) is 1.09. The minimum absolute atomic E-state index is 0.183. The number of aliphatic carboxylic acids is 1. The summed E-state index contributed by atoms with van der Waals surface area (Å²) >= 11 is 0. The van der Waals surface area contributed by atoms with Gasteiger partial charge in [0.1, 0.15) is 0 Å². The van der Waals surface area contributed by atoms with E-state index in [1.165, 1.54) is 0 Å². The predicted octanol–water partition coefficient (Wildman–Crippen LogP) is 1.08. The van der Waals surface area contributed by atoms with Gasteiger partial charge in [0.2, 0.25) is 0 Å². The van der Waals surface area contributed by atoms with E-state index in [2.05, 4.69) is 0 Å². The molecule has 62 valence electrons. The molecule has 3 heteroatoms. The molecule has 0 fully saturated rings. The van der Waals surface area contributed by atoms with Crippen molar-refractivity contribution in [2.75, 3.05) is 6.54 Å². The molecule has 0 amide bonds.